The lowest BCUT2D eigenvalue weighted by Gasteiger charge is -2.06. The molecule has 0 unspecified atom stereocenters. The molecule has 120 valence electrons. The molecular formula is C15H15ClN4O3. The number of aromatic nitrogens is 2. The molecule has 0 radical (unpaired) electrons. The summed E-state index contributed by atoms with van der Waals surface area (Å²) >= 11 is 5.83. The average Bonchev–Trinajstić information content (AvgIpc) is 3.28. The first-order valence-electron chi connectivity index (χ1n) is 7.29. The minimum atomic E-state index is -0.443. The number of nitrogens with zero attached hydrogens (tertiary/aromatic N) is 2. The summed E-state index contributed by atoms with van der Waals surface area (Å²) in [7, 11) is 0. The van der Waals surface area contributed by atoms with Crippen molar-refractivity contribution in [3.05, 3.63) is 46.6 Å². The van der Waals surface area contributed by atoms with Crippen LogP contribution in [0.3, 0.4) is 0 Å². The number of halogens is 1. The van der Waals surface area contributed by atoms with E-state index in [9.17, 15) is 9.59 Å². The van der Waals surface area contributed by atoms with Crippen molar-refractivity contribution in [2.45, 2.75) is 18.8 Å². The maximum Gasteiger partial charge on any atom is 0.315 e. The first kappa shape index (κ1) is 15.5. The van der Waals surface area contributed by atoms with Crippen molar-refractivity contribution in [1.82, 2.24) is 20.8 Å². The predicted molar refractivity (Wildman–Crippen MR) is 82.4 cm³/mol. The summed E-state index contributed by atoms with van der Waals surface area (Å²) < 4.78 is 4.91. The van der Waals surface area contributed by atoms with Crippen molar-refractivity contribution in [3.63, 3.8) is 0 Å². The summed E-state index contributed by atoms with van der Waals surface area (Å²) in [5, 5.41) is 9.57. The van der Waals surface area contributed by atoms with Crippen LogP contribution in [0.2, 0.25) is 5.02 Å². The van der Waals surface area contributed by atoms with Gasteiger partial charge < -0.3 is 15.2 Å². The van der Waals surface area contributed by atoms with Gasteiger partial charge in [0, 0.05) is 29.6 Å². The van der Waals surface area contributed by atoms with E-state index in [4.69, 9.17) is 16.1 Å². The van der Waals surface area contributed by atoms with Crippen molar-refractivity contribution in [1.29, 1.82) is 0 Å². The maximum absolute atomic E-state index is 11.9. The van der Waals surface area contributed by atoms with E-state index in [2.05, 4.69) is 20.8 Å². The van der Waals surface area contributed by atoms with E-state index >= 15 is 0 Å². The van der Waals surface area contributed by atoms with Crippen LogP contribution in [0.15, 0.2) is 28.8 Å². The molecule has 1 aliphatic rings. The fourth-order valence-electron chi connectivity index (χ4n) is 1.99. The Hall–Kier alpha value is -2.41. The van der Waals surface area contributed by atoms with Gasteiger partial charge in [-0.3, -0.25) is 9.59 Å². The summed E-state index contributed by atoms with van der Waals surface area (Å²) in [6.07, 6.45) is 2.08. The van der Waals surface area contributed by atoms with Crippen molar-refractivity contribution >= 4 is 23.4 Å². The zero-order chi connectivity index (χ0) is 16.2. The minimum Gasteiger partial charge on any atom is -0.350 e. The number of carbonyl (C=O) groups is 2. The highest BCUT2D eigenvalue weighted by atomic mass is 35.5. The molecule has 1 aromatic heterocycles. The van der Waals surface area contributed by atoms with Crippen LogP contribution in [-0.2, 0) is 0 Å². The SMILES string of the molecule is O=C(NCCNC(=O)c1nc(C2CC2)no1)c1cccc(Cl)c1. The summed E-state index contributed by atoms with van der Waals surface area (Å²) in [5.74, 6) is 0.173. The third-order valence-corrected chi connectivity index (χ3v) is 3.60. The number of nitrogens with one attached hydrogen (secondary N) is 2. The van der Waals surface area contributed by atoms with Crippen LogP contribution in [-0.4, -0.2) is 35.0 Å². The summed E-state index contributed by atoms with van der Waals surface area (Å²) in [6, 6.07) is 6.63. The molecule has 2 amide bonds. The molecule has 7 nitrogen and oxygen atoms in total. The Labute approximate surface area is 137 Å². The van der Waals surface area contributed by atoms with Crippen LogP contribution in [0.5, 0.6) is 0 Å². The van der Waals surface area contributed by atoms with E-state index in [0.717, 1.165) is 12.8 Å². The van der Waals surface area contributed by atoms with Gasteiger partial charge in [0.15, 0.2) is 5.82 Å². The zero-order valence-corrected chi connectivity index (χ0v) is 13.0. The highest BCUT2D eigenvalue weighted by Crippen LogP contribution is 2.37. The summed E-state index contributed by atoms with van der Waals surface area (Å²) in [4.78, 5) is 27.7. The van der Waals surface area contributed by atoms with E-state index in [1.807, 2.05) is 0 Å². The highest BCUT2D eigenvalue weighted by molar-refractivity contribution is 6.30. The van der Waals surface area contributed by atoms with Gasteiger partial charge in [-0.15, -0.1) is 0 Å². The Morgan fingerprint density at radius 1 is 1.22 bits per heavy atom. The van der Waals surface area contributed by atoms with Crippen LogP contribution in [0.4, 0.5) is 0 Å². The fourth-order valence-corrected chi connectivity index (χ4v) is 2.18. The van der Waals surface area contributed by atoms with Gasteiger partial charge in [-0.1, -0.05) is 22.8 Å². The number of amides is 2. The molecule has 1 aromatic carbocycles. The molecule has 1 saturated carbocycles. The van der Waals surface area contributed by atoms with Crippen molar-refractivity contribution < 1.29 is 14.1 Å². The van der Waals surface area contributed by atoms with E-state index in [-0.39, 0.29) is 24.9 Å². The number of benzene rings is 1. The predicted octanol–water partition coefficient (Wildman–Crippen LogP) is 1.76. The van der Waals surface area contributed by atoms with Crippen LogP contribution >= 0.6 is 11.6 Å². The Morgan fingerprint density at radius 3 is 2.65 bits per heavy atom. The molecule has 1 fully saturated rings. The summed E-state index contributed by atoms with van der Waals surface area (Å²) in [5.41, 5.74) is 0.467. The first-order chi connectivity index (χ1) is 11.1. The highest BCUT2D eigenvalue weighted by Gasteiger charge is 2.29. The normalized spacial score (nSPS) is 13.6. The molecule has 0 saturated heterocycles. The van der Waals surface area contributed by atoms with Gasteiger partial charge in [-0.25, -0.2) is 0 Å². The molecule has 1 heterocycles. The molecule has 23 heavy (non-hydrogen) atoms. The largest absolute Gasteiger partial charge is 0.350 e. The van der Waals surface area contributed by atoms with Crippen LogP contribution in [0.25, 0.3) is 0 Å². The zero-order valence-electron chi connectivity index (χ0n) is 12.2. The van der Waals surface area contributed by atoms with Gasteiger partial charge in [-0.05, 0) is 31.0 Å². The smallest absolute Gasteiger partial charge is 0.315 e. The Morgan fingerprint density at radius 2 is 1.96 bits per heavy atom. The van der Waals surface area contributed by atoms with E-state index in [1.165, 1.54) is 0 Å². The lowest BCUT2D eigenvalue weighted by molar-refractivity contribution is 0.0898. The fraction of sp³-hybridized carbons (Fsp3) is 0.333. The molecule has 1 aliphatic carbocycles. The maximum atomic E-state index is 11.9. The van der Waals surface area contributed by atoms with Crippen molar-refractivity contribution in [2.24, 2.45) is 0 Å². The van der Waals surface area contributed by atoms with Crippen LogP contribution in [0.1, 0.15) is 45.6 Å². The van der Waals surface area contributed by atoms with Gasteiger partial charge >= 0.3 is 11.8 Å². The van der Waals surface area contributed by atoms with Crippen molar-refractivity contribution in [3.8, 4) is 0 Å². The van der Waals surface area contributed by atoms with Gasteiger partial charge in [-0.2, -0.15) is 4.98 Å². The summed E-state index contributed by atoms with van der Waals surface area (Å²) in [6.45, 7) is 0.535. The quantitative estimate of drug-likeness (QED) is 0.784. The third-order valence-electron chi connectivity index (χ3n) is 3.36. The van der Waals surface area contributed by atoms with Crippen LogP contribution in [0, 0.1) is 0 Å². The molecule has 2 N–H and O–H groups in total. The van der Waals surface area contributed by atoms with E-state index in [1.54, 1.807) is 24.3 Å². The third kappa shape index (κ3) is 4.07. The molecule has 3 rings (SSSR count). The van der Waals surface area contributed by atoms with Gasteiger partial charge in [0.05, 0.1) is 0 Å². The topological polar surface area (TPSA) is 97.1 Å². The lowest BCUT2D eigenvalue weighted by Crippen LogP contribution is -2.34. The van der Waals surface area contributed by atoms with Crippen molar-refractivity contribution in [2.75, 3.05) is 13.1 Å². The Bertz CT molecular complexity index is 727. The second kappa shape index (κ2) is 6.78. The van der Waals surface area contributed by atoms with E-state index in [0.29, 0.717) is 22.3 Å². The van der Waals surface area contributed by atoms with Gasteiger partial charge in [0.2, 0.25) is 0 Å². The number of hydrogen-bond acceptors (Lipinski definition) is 5. The number of rotatable bonds is 6. The average molecular weight is 335 g/mol. The minimum absolute atomic E-state index is 0.0481. The molecular weight excluding hydrogens is 320 g/mol. The van der Waals surface area contributed by atoms with Gasteiger partial charge in [0.1, 0.15) is 0 Å². The molecule has 0 bridgehead atoms. The first-order valence-corrected chi connectivity index (χ1v) is 7.67. The second-order valence-corrected chi connectivity index (χ2v) is 5.69. The lowest BCUT2D eigenvalue weighted by atomic mass is 10.2. The second-order valence-electron chi connectivity index (χ2n) is 5.25. The monoisotopic (exact) mass is 334 g/mol. The van der Waals surface area contributed by atoms with E-state index < -0.39 is 5.91 Å². The molecule has 2 aromatic rings. The molecule has 0 aliphatic heterocycles. The Balaban J connectivity index is 1.42. The number of carbonyl (C=O) groups excluding carboxylic acids is 2. The number of hydrogen-bond donors (Lipinski definition) is 2. The Kier molecular flexibility index (Phi) is 4.57. The molecule has 8 heteroatoms. The standard InChI is InChI=1S/C15H15ClN4O3/c16-11-3-1-2-10(8-11)13(21)17-6-7-18-14(22)15-19-12(20-23-15)9-4-5-9/h1-3,8-9H,4-7H2,(H,17,21)(H,18,22). The molecule has 0 spiro atoms. The molecule has 0 atom stereocenters. The van der Waals surface area contributed by atoms with Gasteiger partial charge in [0.25, 0.3) is 5.91 Å². The van der Waals surface area contributed by atoms with Crippen LogP contribution < -0.4 is 10.6 Å².